The predicted octanol–water partition coefficient (Wildman–Crippen LogP) is 1.70. The van der Waals surface area contributed by atoms with Crippen molar-refractivity contribution in [1.82, 2.24) is 20.3 Å². The molecule has 0 unspecified atom stereocenters. The van der Waals surface area contributed by atoms with Crippen LogP contribution in [0, 0.1) is 0 Å². The molecule has 0 saturated heterocycles. The molecule has 0 amide bonds. The van der Waals surface area contributed by atoms with Gasteiger partial charge in [-0.05, 0) is 19.4 Å². The molecule has 0 bridgehead atoms. The van der Waals surface area contributed by atoms with Crippen LogP contribution in [-0.4, -0.2) is 27.4 Å². The Kier molecular flexibility index (Phi) is 6.36. The molecule has 0 saturated carbocycles. The van der Waals surface area contributed by atoms with Gasteiger partial charge in [-0.3, -0.25) is 4.68 Å². The summed E-state index contributed by atoms with van der Waals surface area (Å²) in [7, 11) is 1.88. The smallest absolute Gasteiger partial charge is 0.0964 e. The van der Waals surface area contributed by atoms with Crippen molar-refractivity contribution in [3.63, 3.8) is 0 Å². The molecule has 1 aromatic rings. The highest BCUT2D eigenvalue weighted by Gasteiger charge is 1.96. The molecule has 0 aliphatic carbocycles. The number of alkyl halides is 1. The van der Waals surface area contributed by atoms with E-state index < -0.39 is 0 Å². The van der Waals surface area contributed by atoms with E-state index in [1.54, 1.807) is 4.68 Å². The van der Waals surface area contributed by atoms with Crippen LogP contribution in [0.5, 0.6) is 0 Å². The van der Waals surface area contributed by atoms with Gasteiger partial charge in [-0.1, -0.05) is 18.1 Å². The van der Waals surface area contributed by atoms with E-state index in [9.17, 15) is 0 Å². The van der Waals surface area contributed by atoms with Gasteiger partial charge in [0.25, 0.3) is 0 Å². The van der Waals surface area contributed by atoms with Gasteiger partial charge in [-0.15, -0.1) is 16.7 Å². The quantitative estimate of drug-likeness (QED) is 0.546. The molecule has 1 N–H and O–H groups in total. The lowest BCUT2D eigenvalue weighted by Gasteiger charge is -2.01. The van der Waals surface area contributed by atoms with Crippen molar-refractivity contribution in [3.8, 4) is 0 Å². The molecular formula is C10H19ClN4. The predicted molar refractivity (Wildman–Crippen MR) is 61.9 cm³/mol. The Morgan fingerprint density at radius 2 is 2.13 bits per heavy atom. The van der Waals surface area contributed by atoms with Gasteiger partial charge in [-0.2, -0.15) is 0 Å². The summed E-state index contributed by atoms with van der Waals surface area (Å²) in [5, 5.41) is 11.2. The second kappa shape index (κ2) is 7.65. The zero-order valence-electron chi connectivity index (χ0n) is 9.25. The molecule has 0 radical (unpaired) electrons. The summed E-state index contributed by atoms with van der Waals surface area (Å²) in [5.41, 5.74) is 0.998. The van der Waals surface area contributed by atoms with Crippen LogP contribution in [-0.2, 0) is 13.6 Å². The van der Waals surface area contributed by atoms with Crippen molar-refractivity contribution in [2.75, 3.05) is 12.4 Å². The third-order valence-electron chi connectivity index (χ3n) is 2.19. The van der Waals surface area contributed by atoms with Crippen LogP contribution >= 0.6 is 11.6 Å². The highest BCUT2D eigenvalue weighted by molar-refractivity contribution is 6.17. The van der Waals surface area contributed by atoms with Crippen molar-refractivity contribution in [3.05, 3.63) is 11.9 Å². The fourth-order valence-electron chi connectivity index (χ4n) is 1.39. The third-order valence-corrected chi connectivity index (χ3v) is 2.46. The van der Waals surface area contributed by atoms with Gasteiger partial charge in [0, 0.05) is 25.7 Å². The van der Waals surface area contributed by atoms with Gasteiger partial charge in [0.15, 0.2) is 0 Å². The van der Waals surface area contributed by atoms with Crippen molar-refractivity contribution in [2.45, 2.75) is 32.2 Å². The van der Waals surface area contributed by atoms with Crippen molar-refractivity contribution >= 4 is 11.6 Å². The van der Waals surface area contributed by atoms with Crippen molar-refractivity contribution in [1.29, 1.82) is 0 Å². The van der Waals surface area contributed by atoms with E-state index in [2.05, 4.69) is 15.6 Å². The van der Waals surface area contributed by atoms with E-state index in [4.69, 9.17) is 11.6 Å². The Morgan fingerprint density at radius 3 is 2.80 bits per heavy atom. The standard InChI is InChI=1S/C10H19ClN4/c1-15-9-10(13-14-15)8-12-7-5-3-2-4-6-11/h9,12H,2-8H2,1H3. The first-order valence-electron chi connectivity index (χ1n) is 5.45. The summed E-state index contributed by atoms with van der Waals surface area (Å²) >= 11 is 5.59. The maximum atomic E-state index is 5.59. The van der Waals surface area contributed by atoms with Gasteiger partial charge < -0.3 is 5.32 Å². The highest BCUT2D eigenvalue weighted by atomic mass is 35.5. The maximum Gasteiger partial charge on any atom is 0.0964 e. The summed E-state index contributed by atoms with van der Waals surface area (Å²) in [6.07, 6.45) is 6.75. The Morgan fingerprint density at radius 1 is 1.33 bits per heavy atom. The van der Waals surface area contributed by atoms with E-state index in [-0.39, 0.29) is 0 Å². The van der Waals surface area contributed by atoms with Crippen molar-refractivity contribution < 1.29 is 0 Å². The van der Waals surface area contributed by atoms with Gasteiger partial charge in [0.1, 0.15) is 0 Å². The normalized spacial score (nSPS) is 10.8. The Bertz CT molecular complexity index is 262. The molecule has 0 atom stereocenters. The number of rotatable bonds is 8. The summed E-state index contributed by atoms with van der Waals surface area (Å²) in [4.78, 5) is 0. The molecule has 86 valence electrons. The van der Waals surface area contributed by atoms with E-state index in [1.807, 2.05) is 13.2 Å². The molecule has 15 heavy (non-hydrogen) atoms. The number of halogens is 1. The van der Waals surface area contributed by atoms with E-state index >= 15 is 0 Å². The van der Waals surface area contributed by atoms with Crippen LogP contribution in [0.2, 0.25) is 0 Å². The molecule has 4 nitrogen and oxygen atoms in total. The molecule has 0 spiro atoms. The van der Waals surface area contributed by atoms with Gasteiger partial charge >= 0.3 is 0 Å². The minimum Gasteiger partial charge on any atom is -0.311 e. The average Bonchev–Trinajstić information content (AvgIpc) is 2.63. The first kappa shape index (κ1) is 12.5. The molecule has 1 heterocycles. The van der Waals surface area contributed by atoms with E-state index in [0.717, 1.165) is 31.1 Å². The molecule has 1 aromatic heterocycles. The monoisotopic (exact) mass is 230 g/mol. The summed E-state index contributed by atoms with van der Waals surface area (Å²) in [5.74, 6) is 0.785. The molecular weight excluding hydrogens is 212 g/mol. The van der Waals surface area contributed by atoms with Gasteiger partial charge in [0.2, 0.25) is 0 Å². The molecule has 0 fully saturated rings. The third kappa shape index (κ3) is 5.74. The van der Waals surface area contributed by atoms with Crippen LogP contribution in [0.15, 0.2) is 6.20 Å². The van der Waals surface area contributed by atoms with Gasteiger partial charge in [0.05, 0.1) is 5.69 Å². The molecule has 0 aliphatic rings. The molecule has 5 heteroatoms. The fourth-order valence-corrected chi connectivity index (χ4v) is 1.58. The zero-order valence-corrected chi connectivity index (χ0v) is 10.0. The Balaban J connectivity index is 1.93. The van der Waals surface area contributed by atoms with Crippen LogP contribution in [0.3, 0.4) is 0 Å². The lowest BCUT2D eigenvalue weighted by atomic mass is 10.2. The first-order chi connectivity index (χ1) is 7.33. The minimum atomic E-state index is 0.785. The van der Waals surface area contributed by atoms with E-state index in [1.165, 1.54) is 19.3 Å². The second-order valence-electron chi connectivity index (χ2n) is 3.66. The first-order valence-corrected chi connectivity index (χ1v) is 5.98. The van der Waals surface area contributed by atoms with E-state index in [0.29, 0.717) is 0 Å². The number of nitrogens with zero attached hydrogens (tertiary/aromatic N) is 3. The summed E-state index contributed by atoms with van der Waals surface area (Å²) in [6, 6.07) is 0. The lowest BCUT2D eigenvalue weighted by molar-refractivity contribution is 0.594. The zero-order chi connectivity index (χ0) is 10.9. The van der Waals surface area contributed by atoms with Crippen LogP contribution in [0.1, 0.15) is 31.4 Å². The largest absolute Gasteiger partial charge is 0.311 e. The lowest BCUT2D eigenvalue weighted by Crippen LogP contribution is -2.14. The molecule has 0 aliphatic heterocycles. The number of nitrogens with one attached hydrogen (secondary N) is 1. The average molecular weight is 231 g/mol. The molecule has 1 rings (SSSR count). The fraction of sp³-hybridized carbons (Fsp3) is 0.800. The van der Waals surface area contributed by atoms with Crippen LogP contribution in [0.25, 0.3) is 0 Å². The maximum absolute atomic E-state index is 5.59. The minimum absolute atomic E-state index is 0.785. The van der Waals surface area contributed by atoms with Crippen molar-refractivity contribution in [2.24, 2.45) is 7.05 Å². The second-order valence-corrected chi connectivity index (χ2v) is 4.04. The number of aryl methyl sites for hydroxylation is 1. The molecule has 0 aromatic carbocycles. The Labute approximate surface area is 96.0 Å². The van der Waals surface area contributed by atoms with Gasteiger partial charge in [-0.25, -0.2) is 0 Å². The number of hydrogen-bond acceptors (Lipinski definition) is 3. The summed E-state index contributed by atoms with van der Waals surface area (Å²) in [6.45, 7) is 1.85. The SMILES string of the molecule is Cn1cc(CNCCCCCCCl)nn1. The summed E-state index contributed by atoms with van der Waals surface area (Å²) < 4.78 is 1.72. The van der Waals surface area contributed by atoms with Crippen LogP contribution < -0.4 is 5.32 Å². The van der Waals surface area contributed by atoms with Crippen LogP contribution in [0.4, 0.5) is 0 Å². The Hall–Kier alpha value is -0.610. The number of aromatic nitrogens is 3. The number of unbranched alkanes of at least 4 members (excludes halogenated alkanes) is 3. The number of hydrogen-bond donors (Lipinski definition) is 1. The highest BCUT2D eigenvalue weighted by Crippen LogP contribution is 2.00. The topological polar surface area (TPSA) is 42.7 Å².